The van der Waals surface area contributed by atoms with Crippen LogP contribution >= 0.6 is 0 Å². The first-order valence-corrected chi connectivity index (χ1v) is 13.5. The predicted molar refractivity (Wildman–Crippen MR) is 155 cm³/mol. The Morgan fingerprint density at radius 1 is 0.929 bits per heavy atom. The van der Waals surface area contributed by atoms with Gasteiger partial charge in [-0.3, -0.25) is 14.5 Å². The lowest BCUT2D eigenvalue weighted by atomic mass is 9.99. The minimum absolute atomic E-state index is 0.0560. The number of hydrogen-bond donors (Lipinski definition) is 2. The minimum Gasteiger partial charge on any atom is -0.496 e. The van der Waals surface area contributed by atoms with E-state index in [0.717, 1.165) is 5.56 Å². The topological polar surface area (TPSA) is 97.0 Å². The van der Waals surface area contributed by atoms with E-state index in [4.69, 9.17) is 9.47 Å². The summed E-state index contributed by atoms with van der Waals surface area (Å²) in [5.41, 5.74) is 3.04. The molecule has 8 nitrogen and oxygen atoms in total. The van der Waals surface area contributed by atoms with Crippen molar-refractivity contribution < 1.29 is 28.2 Å². The Kier molecular flexibility index (Phi) is 8.47. The molecule has 4 aromatic carbocycles. The van der Waals surface area contributed by atoms with Crippen molar-refractivity contribution in [2.45, 2.75) is 31.7 Å². The summed E-state index contributed by atoms with van der Waals surface area (Å²) < 4.78 is 24.5. The normalized spacial score (nSPS) is 16.8. The first-order chi connectivity index (χ1) is 20.3. The molecule has 0 bridgehead atoms. The van der Waals surface area contributed by atoms with Gasteiger partial charge in [-0.25, -0.2) is 9.18 Å². The number of nitrogens with zero attached hydrogens (tertiary/aromatic N) is 1. The highest BCUT2D eigenvalue weighted by molar-refractivity contribution is 6.06. The van der Waals surface area contributed by atoms with Crippen LogP contribution in [-0.2, 0) is 16.1 Å². The number of carbonyl (C=O) groups is 3. The highest BCUT2D eigenvalue weighted by Crippen LogP contribution is 2.35. The molecule has 3 amide bonds. The van der Waals surface area contributed by atoms with Crippen LogP contribution < -0.4 is 15.4 Å². The van der Waals surface area contributed by atoms with Crippen molar-refractivity contribution in [3.63, 3.8) is 0 Å². The van der Waals surface area contributed by atoms with Gasteiger partial charge in [0.1, 0.15) is 11.6 Å². The van der Waals surface area contributed by atoms with Crippen LogP contribution in [0.25, 0.3) is 0 Å². The monoisotopic (exact) mass is 567 g/mol. The number of amides is 3. The molecule has 3 atom stereocenters. The average molecular weight is 568 g/mol. The number of nitrogens with one attached hydrogen (secondary N) is 2. The molecule has 1 aliphatic heterocycles. The van der Waals surface area contributed by atoms with Crippen molar-refractivity contribution in [2.75, 3.05) is 12.4 Å². The van der Waals surface area contributed by atoms with Crippen LogP contribution in [0, 0.1) is 5.82 Å². The molecule has 1 fully saturated rings. The average Bonchev–Trinajstić information content (AvgIpc) is 3.34. The van der Waals surface area contributed by atoms with Gasteiger partial charge >= 0.3 is 6.09 Å². The van der Waals surface area contributed by atoms with Crippen molar-refractivity contribution in [1.82, 2.24) is 10.2 Å². The van der Waals surface area contributed by atoms with Crippen LogP contribution in [0.4, 0.5) is 14.9 Å². The number of cyclic esters (lactones) is 1. The second-order valence-electron chi connectivity index (χ2n) is 9.92. The Balaban J connectivity index is 1.38. The first-order valence-electron chi connectivity index (χ1n) is 13.5. The molecule has 5 rings (SSSR count). The van der Waals surface area contributed by atoms with Crippen LogP contribution in [0.2, 0.25) is 0 Å². The number of ether oxygens (including phenoxy) is 2. The molecule has 0 aromatic heterocycles. The number of para-hydroxylation sites is 1. The third-order valence-electron chi connectivity index (χ3n) is 7.13. The van der Waals surface area contributed by atoms with Crippen LogP contribution in [0.5, 0.6) is 5.75 Å². The zero-order chi connectivity index (χ0) is 29.6. The lowest BCUT2D eigenvalue weighted by Gasteiger charge is -2.26. The van der Waals surface area contributed by atoms with Gasteiger partial charge in [0.25, 0.3) is 5.91 Å². The Hall–Kier alpha value is -5.18. The fraction of sp³-hybridized carbons (Fsp3) is 0.182. The number of rotatable bonds is 9. The van der Waals surface area contributed by atoms with Crippen LogP contribution in [-0.4, -0.2) is 36.0 Å². The van der Waals surface area contributed by atoms with Crippen LogP contribution in [0.1, 0.15) is 46.1 Å². The van der Waals surface area contributed by atoms with Gasteiger partial charge in [0.15, 0.2) is 12.1 Å². The molecule has 214 valence electrons. The highest BCUT2D eigenvalue weighted by atomic mass is 19.1. The molecule has 1 saturated heterocycles. The van der Waals surface area contributed by atoms with Gasteiger partial charge in [-0.05, 0) is 60.0 Å². The van der Waals surface area contributed by atoms with Crippen LogP contribution in [0.15, 0.2) is 103 Å². The summed E-state index contributed by atoms with van der Waals surface area (Å²) in [6, 6.07) is 27.6. The van der Waals surface area contributed by atoms with E-state index >= 15 is 0 Å². The summed E-state index contributed by atoms with van der Waals surface area (Å²) in [5, 5.41) is 5.84. The van der Waals surface area contributed by atoms with Gasteiger partial charge in [0, 0.05) is 5.69 Å². The number of hydrogen-bond acceptors (Lipinski definition) is 5. The maximum Gasteiger partial charge on any atom is 0.411 e. The number of halogens is 1. The predicted octanol–water partition coefficient (Wildman–Crippen LogP) is 6.03. The maximum atomic E-state index is 13.7. The molecule has 0 radical (unpaired) electrons. The van der Waals surface area contributed by atoms with Crippen molar-refractivity contribution in [2.24, 2.45) is 0 Å². The van der Waals surface area contributed by atoms with Crippen LogP contribution in [0.3, 0.4) is 0 Å². The highest BCUT2D eigenvalue weighted by Gasteiger charge is 2.47. The SMILES string of the molecule is COc1ccccc1C(=O)Nc1ccc(C2OC(=O)N(Cc3ccc(F)cc3)C2C(=O)NC(C)c2ccccc2)cc1. The number of methoxy groups -OCH3 is 1. The molecule has 9 heteroatoms. The lowest BCUT2D eigenvalue weighted by molar-refractivity contribution is -0.127. The number of carbonyl (C=O) groups excluding carboxylic acids is 3. The number of anilines is 1. The van der Waals surface area contributed by atoms with Gasteiger partial charge in [0.2, 0.25) is 5.91 Å². The summed E-state index contributed by atoms with van der Waals surface area (Å²) in [7, 11) is 1.50. The molecule has 3 unspecified atom stereocenters. The van der Waals surface area contributed by atoms with E-state index < -0.39 is 30.0 Å². The fourth-order valence-corrected chi connectivity index (χ4v) is 4.91. The van der Waals surface area contributed by atoms with Gasteiger partial charge in [-0.1, -0.05) is 66.7 Å². The standard InChI is InChI=1S/C33H30FN3O5/c1-21(23-8-4-3-5-9-23)35-32(39)29-30(42-33(40)37(29)20-22-12-16-25(34)17-13-22)24-14-18-26(19-15-24)36-31(38)27-10-6-7-11-28(27)41-2/h3-19,21,29-30H,20H2,1-2H3,(H,35,39)(H,36,38). The number of benzene rings is 4. The summed E-state index contributed by atoms with van der Waals surface area (Å²) in [4.78, 5) is 41.0. The third-order valence-corrected chi connectivity index (χ3v) is 7.13. The molecular weight excluding hydrogens is 537 g/mol. The zero-order valence-corrected chi connectivity index (χ0v) is 23.1. The van der Waals surface area contributed by atoms with Gasteiger partial charge < -0.3 is 20.1 Å². The van der Waals surface area contributed by atoms with E-state index in [1.807, 2.05) is 37.3 Å². The summed E-state index contributed by atoms with van der Waals surface area (Å²) in [6.07, 6.45) is -1.58. The van der Waals surface area contributed by atoms with E-state index in [0.29, 0.717) is 28.1 Å². The summed E-state index contributed by atoms with van der Waals surface area (Å²) in [6.45, 7) is 1.92. The molecule has 0 spiro atoms. The van der Waals surface area contributed by atoms with E-state index in [2.05, 4.69) is 10.6 Å². The van der Waals surface area contributed by atoms with E-state index in [1.165, 1.54) is 24.1 Å². The second-order valence-corrected chi connectivity index (χ2v) is 9.92. The van der Waals surface area contributed by atoms with E-state index in [1.54, 1.807) is 60.7 Å². The van der Waals surface area contributed by atoms with Crippen molar-refractivity contribution >= 4 is 23.6 Å². The van der Waals surface area contributed by atoms with Crippen molar-refractivity contribution in [3.8, 4) is 5.75 Å². The Labute approximate surface area is 243 Å². The largest absolute Gasteiger partial charge is 0.496 e. The quantitative estimate of drug-likeness (QED) is 0.258. The molecular formula is C33H30FN3O5. The molecule has 42 heavy (non-hydrogen) atoms. The van der Waals surface area contributed by atoms with Crippen molar-refractivity contribution in [3.05, 3.63) is 131 Å². The summed E-state index contributed by atoms with van der Waals surface area (Å²) >= 11 is 0. The van der Waals surface area contributed by atoms with Crippen molar-refractivity contribution in [1.29, 1.82) is 0 Å². The van der Waals surface area contributed by atoms with E-state index in [-0.39, 0.29) is 18.5 Å². The minimum atomic E-state index is -0.997. The lowest BCUT2D eigenvalue weighted by Crippen LogP contribution is -2.46. The van der Waals surface area contributed by atoms with Gasteiger partial charge in [-0.15, -0.1) is 0 Å². The molecule has 1 aliphatic rings. The molecule has 4 aromatic rings. The smallest absolute Gasteiger partial charge is 0.411 e. The first kappa shape index (κ1) is 28.4. The zero-order valence-electron chi connectivity index (χ0n) is 23.1. The van der Waals surface area contributed by atoms with Gasteiger partial charge in [-0.2, -0.15) is 0 Å². The fourth-order valence-electron chi connectivity index (χ4n) is 4.91. The third kappa shape index (κ3) is 6.25. The second kappa shape index (κ2) is 12.6. The van der Waals surface area contributed by atoms with Gasteiger partial charge in [0.05, 0.1) is 25.3 Å². The Morgan fingerprint density at radius 3 is 2.29 bits per heavy atom. The molecule has 1 heterocycles. The Bertz CT molecular complexity index is 1560. The van der Waals surface area contributed by atoms with E-state index in [9.17, 15) is 18.8 Å². The molecule has 0 saturated carbocycles. The Morgan fingerprint density at radius 2 is 1.60 bits per heavy atom. The summed E-state index contributed by atoms with van der Waals surface area (Å²) in [5.74, 6) is -0.684. The molecule has 0 aliphatic carbocycles. The maximum absolute atomic E-state index is 13.7. The molecule has 2 N–H and O–H groups in total.